The summed E-state index contributed by atoms with van der Waals surface area (Å²) in [5.74, 6) is -1.20. The van der Waals surface area contributed by atoms with Crippen molar-refractivity contribution >= 4 is 11.9 Å². The lowest BCUT2D eigenvalue weighted by Gasteiger charge is -2.21. The van der Waals surface area contributed by atoms with Crippen LogP contribution in [0.5, 0.6) is 0 Å². The van der Waals surface area contributed by atoms with Crippen molar-refractivity contribution in [1.29, 1.82) is 0 Å². The van der Waals surface area contributed by atoms with Crippen LogP contribution in [-0.4, -0.2) is 40.5 Å². The van der Waals surface area contributed by atoms with E-state index in [1.54, 1.807) is 6.07 Å². The SMILES string of the molecule is N[C@H]1C[C@@H](C(=O)O)N(C(=O)c2ccc3c(c2)CCC3)C1. The van der Waals surface area contributed by atoms with Gasteiger partial charge in [0.15, 0.2) is 0 Å². The van der Waals surface area contributed by atoms with Crippen molar-refractivity contribution in [3.05, 3.63) is 34.9 Å². The standard InChI is InChI=1S/C15H18N2O3/c16-12-7-13(15(19)20)17(8-12)14(18)11-5-4-9-2-1-3-10(9)6-11/h4-6,12-13H,1-3,7-8,16H2,(H,19,20)/t12-,13-/m0/s1. The molecule has 2 atom stereocenters. The van der Waals surface area contributed by atoms with E-state index in [9.17, 15) is 14.7 Å². The minimum atomic E-state index is -0.979. The summed E-state index contributed by atoms with van der Waals surface area (Å²) in [6.45, 7) is 0.312. The van der Waals surface area contributed by atoms with Crippen LogP contribution in [0.15, 0.2) is 18.2 Å². The second-order valence-electron chi connectivity index (χ2n) is 5.64. The maximum atomic E-state index is 12.5. The Balaban J connectivity index is 1.86. The first kappa shape index (κ1) is 13.1. The molecule has 0 spiro atoms. The van der Waals surface area contributed by atoms with Crippen LogP contribution in [-0.2, 0) is 17.6 Å². The summed E-state index contributed by atoms with van der Waals surface area (Å²) in [7, 11) is 0. The number of aliphatic carboxylic acids is 1. The first-order chi connectivity index (χ1) is 9.56. The van der Waals surface area contributed by atoms with Gasteiger partial charge in [0, 0.05) is 18.2 Å². The van der Waals surface area contributed by atoms with Crippen molar-refractivity contribution in [2.45, 2.75) is 37.8 Å². The Labute approximate surface area is 117 Å². The number of carbonyl (C=O) groups is 2. The first-order valence-corrected chi connectivity index (χ1v) is 6.97. The maximum absolute atomic E-state index is 12.5. The van der Waals surface area contributed by atoms with E-state index in [2.05, 4.69) is 0 Å². The van der Waals surface area contributed by atoms with E-state index in [0.717, 1.165) is 19.3 Å². The zero-order valence-corrected chi connectivity index (χ0v) is 11.2. The highest BCUT2D eigenvalue weighted by Gasteiger charge is 2.38. The molecule has 1 aliphatic heterocycles. The number of nitrogens with two attached hydrogens (primary N) is 1. The zero-order valence-electron chi connectivity index (χ0n) is 11.2. The quantitative estimate of drug-likeness (QED) is 0.835. The number of aryl methyl sites for hydroxylation is 2. The van der Waals surface area contributed by atoms with Gasteiger partial charge in [-0.05, 0) is 48.9 Å². The van der Waals surface area contributed by atoms with Gasteiger partial charge in [-0.15, -0.1) is 0 Å². The minimum Gasteiger partial charge on any atom is -0.480 e. The topological polar surface area (TPSA) is 83.6 Å². The number of fused-ring (bicyclic) bond motifs is 1. The van der Waals surface area contributed by atoms with E-state index in [4.69, 9.17) is 5.73 Å². The van der Waals surface area contributed by atoms with Gasteiger partial charge in [0.25, 0.3) is 5.91 Å². The van der Waals surface area contributed by atoms with Crippen molar-refractivity contribution < 1.29 is 14.7 Å². The fourth-order valence-corrected chi connectivity index (χ4v) is 3.20. The number of carbonyl (C=O) groups excluding carboxylic acids is 1. The summed E-state index contributed by atoms with van der Waals surface area (Å²) in [6.07, 6.45) is 3.51. The number of nitrogens with zero attached hydrogens (tertiary/aromatic N) is 1. The molecule has 1 heterocycles. The predicted molar refractivity (Wildman–Crippen MR) is 73.5 cm³/mol. The number of hydrogen-bond donors (Lipinski definition) is 2. The zero-order chi connectivity index (χ0) is 14.3. The number of carboxylic acids is 1. The largest absolute Gasteiger partial charge is 0.480 e. The van der Waals surface area contributed by atoms with Gasteiger partial charge in [-0.1, -0.05) is 6.07 Å². The van der Waals surface area contributed by atoms with Crippen molar-refractivity contribution in [3.8, 4) is 0 Å². The molecule has 0 unspecified atom stereocenters. The van der Waals surface area contributed by atoms with Crippen LogP contribution in [0.4, 0.5) is 0 Å². The maximum Gasteiger partial charge on any atom is 0.326 e. The highest BCUT2D eigenvalue weighted by Crippen LogP contribution is 2.25. The monoisotopic (exact) mass is 274 g/mol. The number of hydrogen-bond acceptors (Lipinski definition) is 3. The average Bonchev–Trinajstić information content (AvgIpc) is 3.02. The third-order valence-corrected chi connectivity index (χ3v) is 4.22. The fraction of sp³-hybridized carbons (Fsp3) is 0.467. The molecule has 1 saturated heterocycles. The Morgan fingerprint density at radius 1 is 1.25 bits per heavy atom. The van der Waals surface area contributed by atoms with Crippen LogP contribution < -0.4 is 5.73 Å². The summed E-state index contributed by atoms with van der Waals surface area (Å²) < 4.78 is 0. The highest BCUT2D eigenvalue weighted by molar-refractivity contribution is 5.97. The molecule has 5 heteroatoms. The van der Waals surface area contributed by atoms with Crippen LogP contribution in [0, 0.1) is 0 Å². The van der Waals surface area contributed by atoms with Gasteiger partial charge in [0.2, 0.25) is 0 Å². The summed E-state index contributed by atoms with van der Waals surface area (Å²) in [5, 5.41) is 9.20. The molecule has 106 valence electrons. The van der Waals surface area contributed by atoms with Crippen LogP contribution in [0.3, 0.4) is 0 Å². The molecule has 3 N–H and O–H groups in total. The van der Waals surface area contributed by atoms with Crippen molar-refractivity contribution in [3.63, 3.8) is 0 Å². The number of amides is 1. The number of carboxylic acid groups (broad SMARTS) is 1. The van der Waals surface area contributed by atoms with E-state index in [-0.39, 0.29) is 11.9 Å². The Bertz CT molecular complexity index is 570. The summed E-state index contributed by atoms with van der Waals surface area (Å²) >= 11 is 0. The lowest BCUT2D eigenvalue weighted by atomic mass is 10.1. The van der Waals surface area contributed by atoms with Gasteiger partial charge in [0.05, 0.1) is 0 Å². The molecule has 0 saturated carbocycles. The highest BCUT2D eigenvalue weighted by atomic mass is 16.4. The van der Waals surface area contributed by atoms with Crippen LogP contribution in [0.25, 0.3) is 0 Å². The fourth-order valence-electron chi connectivity index (χ4n) is 3.20. The Morgan fingerprint density at radius 3 is 2.75 bits per heavy atom. The van der Waals surface area contributed by atoms with Crippen molar-refractivity contribution in [1.82, 2.24) is 4.90 Å². The number of rotatable bonds is 2. The Hall–Kier alpha value is -1.88. The smallest absolute Gasteiger partial charge is 0.326 e. The first-order valence-electron chi connectivity index (χ1n) is 6.97. The third kappa shape index (κ3) is 2.18. The van der Waals surface area contributed by atoms with E-state index < -0.39 is 12.0 Å². The van der Waals surface area contributed by atoms with E-state index in [1.165, 1.54) is 16.0 Å². The molecule has 1 amide bonds. The molecule has 1 aromatic carbocycles. The lowest BCUT2D eigenvalue weighted by Crippen LogP contribution is -2.40. The van der Waals surface area contributed by atoms with Gasteiger partial charge >= 0.3 is 5.97 Å². The molecule has 3 rings (SSSR count). The van der Waals surface area contributed by atoms with Gasteiger partial charge in [0.1, 0.15) is 6.04 Å². The summed E-state index contributed by atoms with van der Waals surface area (Å²) in [6, 6.07) is 4.64. The second kappa shape index (κ2) is 4.90. The summed E-state index contributed by atoms with van der Waals surface area (Å²) in [4.78, 5) is 25.1. The number of benzene rings is 1. The molecule has 0 radical (unpaired) electrons. The van der Waals surface area contributed by atoms with Crippen molar-refractivity contribution in [2.75, 3.05) is 6.54 Å². The van der Waals surface area contributed by atoms with Gasteiger partial charge in [-0.25, -0.2) is 4.79 Å². The van der Waals surface area contributed by atoms with E-state index >= 15 is 0 Å². The normalized spacial score (nSPS) is 24.8. The lowest BCUT2D eigenvalue weighted by molar-refractivity contribution is -0.141. The van der Waals surface area contributed by atoms with E-state index in [0.29, 0.717) is 18.5 Å². The molecule has 1 aromatic rings. The molecule has 2 aliphatic rings. The van der Waals surface area contributed by atoms with Crippen LogP contribution in [0.1, 0.15) is 34.3 Å². The van der Waals surface area contributed by atoms with Gasteiger partial charge in [-0.3, -0.25) is 4.79 Å². The molecule has 1 fully saturated rings. The third-order valence-electron chi connectivity index (χ3n) is 4.22. The van der Waals surface area contributed by atoms with Crippen molar-refractivity contribution in [2.24, 2.45) is 5.73 Å². The molecular formula is C15H18N2O3. The van der Waals surface area contributed by atoms with Crippen LogP contribution >= 0.6 is 0 Å². The molecule has 1 aliphatic carbocycles. The van der Waals surface area contributed by atoms with Crippen LogP contribution in [0.2, 0.25) is 0 Å². The Morgan fingerprint density at radius 2 is 2.00 bits per heavy atom. The number of likely N-dealkylation sites (tertiary alicyclic amines) is 1. The predicted octanol–water partition coefficient (Wildman–Crippen LogP) is 0.802. The van der Waals surface area contributed by atoms with Gasteiger partial charge < -0.3 is 15.7 Å². The molecule has 0 aromatic heterocycles. The van der Waals surface area contributed by atoms with E-state index in [1.807, 2.05) is 12.1 Å². The molecule has 20 heavy (non-hydrogen) atoms. The minimum absolute atomic E-state index is 0.222. The summed E-state index contributed by atoms with van der Waals surface area (Å²) in [5.41, 5.74) is 8.89. The second-order valence-corrected chi connectivity index (χ2v) is 5.64. The molecule has 0 bridgehead atoms. The van der Waals surface area contributed by atoms with Gasteiger partial charge in [-0.2, -0.15) is 0 Å². The molecule has 5 nitrogen and oxygen atoms in total. The average molecular weight is 274 g/mol. The molecular weight excluding hydrogens is 256 g/mol. The Kier molecular flexibility index (Phi) is 3.22.